The van der Waals surface area contributed by atoms with Crippen molar-refractivity contribution in [2.45, 2.75) is 32.9 Å². The fourth-order valence-corrected chi connectivity index (χ4v) is 5.45. The van der Waals surface area contributed by atoms with Crippen molar-refractivity contribution in [2.24, 2.45) is 0 Å². The van der Waals surface area contributed by atoms with Crippen LogP contribution in [0.25, 0.3) is 20.7 Å². The first kappa shape index (κ1) is 18.8. The Morgan fingerprint density at radius 3 is 2.67 bits per heavy atom. The summed E-state index contributed by atoms with van der Waals surface area (Å²) in [6, 6.07) is 18.0. The molecule has 6 heteroatoms. The Kier molecular flexibility index (Phi) is 4.51. The van der Waals surface area contributed by atoms with Crippen LogP contribution in [0.4, 0.5) is 5.69 Å². The number of hydrogen-bond acceptors (Lipinski definition) is 4. The predicted molar refractivity (Wildman–Crippen MR) is 121 cm³/mol. The van der Waals surface area contributed by atoms with Crippen LogP contribution in [-0.4, -0.2) is 21.5 Å². The Labute approximate surface area is 178 Å². The van der Waals surface area contributed by atoms with E-state index >= 15 is 0 Å². The maximum Gasteiger partial charge on any atom is 0.262 e. The summed E-state index contributed by atoms with van der Waals surface area (Å²) in [7, 11) is 0. The molecule has 0 fully saturated rings. The summed E-state index contributed by atoms with van der Waals surface area (Å²) in [6.45, 7) is 3.98. The lowest BCUT2D eigenvalue weighted by Crippen LogP contribution is -2.40. The number of carbonyl (C=O) groups excluding carboxylic acids is 1. The Hall–Kier alpha value is -3.25. The van der Waals surface area contributed by atoms with Crippen molar-refractivity contribution in [1.29, 1.82) is 0 Å². The summed E-state index contributed by atoms with van der Waals surface area (Å²) >= 11 is 1.52. The number of carbonyl (C=O) groups is 1. The van der Waals surface area contributed by atoms with Gasteiger partial charge in [-0.05, 0) is 43.0 Å². The average molecular weight is 416 g/mol. The summed E-state index contributed by atoms with van der Waals surface area (Å²) < 4.78 is 1.44. The van der Waals surface area contributed by atoms with Crippen LogP contribution in [0.2, 0.25) is 0 Å². The van der Waals surface area contributed by atoms with Crippen molar-refractivity contribution < 1.29 is 4.79 Å². The molecule has 1 aliphatic rings. The van der Waals surface area contributed by atoms with E-state index in [0.29, 0.717) is 10.2 Å². The van der Waals surface area contributed by atoms with Gasteiger partial charge in [0.2, 0.25) is 5.91 Å². The largest absolute Gasteiger partial charge is 0.307 e. The van der Waals surface area contributed by atoms with Crippen LogP contribution in [0.5, 0.6) is 0 Å². The van der Waals surface area contributed by atoms with Gasteiger partial charge in [0.05, 0.1) is 11.7 Å². The zero-order valence-corrected chi connectivity index (χ0v) is 17.6. The van der Waals surface area contributed by atoms with Gasteiger partial charge in [0.15, 0.2) is 0 Å². The van der Waals surface area contributed by atoms with E-state index in [1.165, 1.54) is 27.8 Å². The van der Waals surface area contributed by atoms with Crippen LogP contribution in [0.15, 0.2) is 65.7 Å². The molecule has 4 aromatic rings. The van der Waals surface area contributed by atoms with Gasteiger partial charge in [-0.3, -0.25) is 14.2 Å². The first-order chi connectivity index (χ1) is 14.5. The normalized spacial score (nSPS) is 15.5. The van der Waals surface area contributed by atoms with Crippen molar-refractivity contribution >= 4 is 33.1 Å². The summed E-state index contributed by atoms with van der Waals surface area (Å²) in [4.78, 5) is 34.4. The summed E-state index contributed by atoms with van der Waals surface area (Å²) in [5.74, 6) is -0.0909. The van der Waals surface area contributed by atoms with Gasteiger partial charge in [-0.15, -0.1) is 11.3 Å². The molecule has 0 N–H and O–H groups in total. The molecule has 30 heavy (non-hydrogen) atoms. The highest BCUT2D eigenvalue weighted by Crippen LogP contribution is 2.35. The number of thiophene rings is 1. The van der Waals surface area contributed by atoms with Crippen molar-refractivity contribution in [3.63, 3.8) is 0 Å². The maximum absolute atomic E-state index is 13.2. The monoisotopic (exact) mass is 415 g/mol. The third-order valence-electron chi connectivity index (χ3n) is 5.73. The number of anilines is 1. The molecule has 150 valence electrons. The number of rotatable bonds is 3. The van der Waals surface area contributed by atoms with E-state index in [2.05, 4.69) is 11.1 Å². The molecule has 0 radical (unpaired) electrons. The van der Waals surface area contributed by atoms with Crippen molar-refractivity contribution in [3.05, 3.63) is 82.4 Å². The number of amides is 1. The van der Waals surface area contributed by atoms with E-state index in [1.807, 2.05) is 67.3 Å². The molecule has 1 amide bonds. The predicted octanol–water partition coefficient (Wildman–Crippen LogP) is 4.41. The van der Waals surface area contributed by atoms with Gasteiger partial charge in [0.25, 0.3) is 5.56 Å². The van der Waals surface area contributed by atoms with Crippen molar-refractivity contribution in [1.82, 2.24) is 9.55 Å². The van der Waals surface area contributed by atoms with Crippen LogP contribution in [0, 0.1) is 6.92 Å². The molecule has 0 saturated carbocycles. The quantitative estimate of drug-likeness (QED) is 0.498. The molecular weight excluding hydrogens is 394 g/mol. The van der Waals surface area contributed by atoms with Crippen LogP contribution in [-0.2, 0) is 17.8 Å². The molecule has 0 spiro atoms. The standard InChI is InChI=1S/C24H21N3O2S/c1-15-12-18-10-6-7-11-19(18)27(15)20(28)13-26-14-25-23-21(24(26)29)16(2)22(30-23)17-8-4-3-5-9-17/h3-11,14-15H,12-13H2,1-2H3/t15-/m0/s1. The second kappa shape index (κ2) is 7.22. The van der Waals surface area contributed by atoms with Gasteiger partial charge >= 0.3 is 0 Å². The third-order valence-corrected chi connectivity index (χ3v) is 6.98. The molecule has 2 aromatic heterocycles. The highest BCUT2D eigenvalue weighted by atomic mass is 32.1. The number of aryl methyl sites for hydroxylation is 1. The molecule has 0 aliphatic carbocycles. The van der Waals surface area contributed by atoms with Crippen LogP contribution in [0.1, 0.15) is 18.1 Å². The summed E-state index contributed by atoms with van der Waals surface area (Å²) in [5, 5.41) is 0.601. The van der Waals surface area contributed by atoms with Gasteiger partial charge in [0, 0.05) is 16.6 Å². The number of fused-ring (bicyclic) bond motifs is 2. The van der Waals surface area contributed by atoms with Crippen molar-refractivity contribution in [2.75, 3.05) is 4.90 Å². The molecule has 5 rings (SSSR count). The molecule has 1 atom stereocenters. The minimum absolute atomic E-state index is 0.0175. The first-order valence-corrected chi connectivity index (χ1v) is 10.8. The van der Waals surface area contributed by atoms with Crippen molar-refractivity contribution in [3.8, 4) is 10.4 Å². The number of benzene rings is 2. The molecule has 2 aromatic carbocycles. The Bertz CT molecular complexity index is 1320. The lowest BCUT2D eigenvalue weighted by Gasteiger charge is -2.23. The lowest BCUT2D eigenvalue weighted by atomic mass is 10.1. The van der Waals surface area contributed by atoms with Crippen LogP contribution < -0.4 is 10.5 Å². The lowest BCUT2D eigenvalue weighted by molar-refractivity contribution is -0.119. The fraction of sp³-hybridized carbons (Fsp3) is 0.208. The Balaban J connectivity index is 1.52. The van der Waals surface area contributed by atoms with Gasteiger partial charge in [-0.1, -0.05) is 48.5 Å². The van der Waals surface area contributed by atoms with Crippen LogP contribution >= 0.6 is 11.3 Å². The smallest absolute Gasteiger partial charge is 0.262 e. The molecule has 1 aliphatic heterocycles. The number of hydrogen-bond donors (Lipinski definition) is 0. The molecule has 0 saturated heterocycles. The van der Waals surface area contributed by atoms with Crippen LogP contribution in [0.3, 0.4) is 0 Å². The molecular formula is C24H21N3O2S. The molecule has 3 heterocycles. The van der Waals surface area contributed by atoms with E-state index in [1.54, 1.807) is 0 Å². The topological polar surface area (TPSA) is 55.2 Å². The number of para-hydroxylation sites is 1. The Morgan fingerprint density at radius 2 is 1.87 bits per heavy atom. The molecule has 0 unspecified atom stereocenters. The number of nitrogens with zero attached hydrogens (tertiary/aromatic N) is 3. The third kappa shape index (κ3) is 2.95. The summed E-state index contributed by atoms with van der Waals surface area (Å²) in [5.41, 5.74) is 3.93. The minimum Gasteiger partial charge on any atom is -0.307 e. The zero-order chi connectivity index (χ0) is 20.8. The highest BCUT2D eigenvalue weighted by Gasteiger charge is 2.30. The van der Waals surface area contributed by atoms with Gasteiger partial charge in [-0.25, -0.2) is 4.98 Å². The van der Waals surface area contributed by atoms with Gasteiger partial charge in [-0.2, -0.15) is 0 Å². The zero-order valence-electron chi connectivity index (χ0n) is 16.8. The second-order valence-electron chi connectivity index (χ2n) is 7.73. The van der Waals surface area contributed by atoms with E-state index in [0.717, 1.165) is 28.1 Å². The van der Waals surface area contributed by atoms with E-state index < -0.39 is 0 Å². The van der Waals surface area contributed by atoms with E-state index in [4.69, 9.17) is 0 Å². The second-order valence-corrected chi connectivity index (χ2v) is 8.72. The maximum atomic E-state index is 13.2. The van der Waals surface area contributed by atoms with Gasteiger partial charge in [0.1, 0.15) is 11.4 Å². The van der Waals surface area contributed by atoms with E-state index in [9.17, 15) is 9.59 Å². The highest BCUT2D eigenvalue weighted by molar-refractivity contribution is 7.22. The van der Waals surface area contributed by atoms with E-state index in [-0.39, 0.29) is 24.1 Å². The summed E-state index contributed by atoms with van der Waals surface area (Å²) in [6.07, 6.45) is 2.33. The Morgan fingerprint density at radius 1 is 1.13 bits per heavy atom. The SMILES string of the molecule is Cc1c(-c2ccccc2)sc2ncn(CC(=O)N3c4ccccc4C[C@@H]3C)c(=O)c12. The number of aromatic nitrogens is 2. The fourth-order valence-electron chi connectivity index (χ4n) is 4.30. The molecule has 5 nitrogen and oxygen atoms in total. The average Bonchev–Trinajstić information content (AvgIpc) is 3.27. The minimum atomic E-state index is -0.163. The van der Waals surface area contributed by atoms with Gasteiger partial charge < -0.3 is 4.90 Å². The molecule has 0 bridgehead atoms. The first-order valence-electron chi connectivity index (χ1n) is 9.98.